The van der Waals surface area contributed by atoms with Gasteiger partial charge >= 0.3 is 0 Å². The number of carboxylic acids is 1. The molecule has 1 atom stereocenters. The third-order valence-corrected chi connectivity index (χ3v) is 4.57. The van der Waals surface area contributed by atoms with E-state index in [1.165, 1.54) is 6.42 Å². The Hall–Kier alpha value is -3.24. The third kappa shape index (κ3) is 4.02. The normalized spacial score (nSPS) is 17.6. The van der Waals surface area contributed by atoms with Gasteiger partial charge in [0, 0.05) is 18.7 Å². The Morgan fingerprint density at radius 2 is 2.11 bits per heavy atom. The second kappa shape index (κ2) is 8.19. The molecule has 2 aliphatic rings. The number of hydrogen-bond donors (Lipinski definition) is 2. The van der Waals surface area contributed by atoms with Crippen molar-refractivity contribution in [1.82, 2.24) is 9.55 Å². The fraction of sp³-hybridized carbons (Fsp3) is 0.333. The van der Waals surface area contributed by atoms with E-state index >= 15 is 0 Å². The maximum absolute atomic E-state index is 10.6. The average Bonchev–Trinajstić information content (AvgIpc) is 3.03. The Kier molecular flexibility index (Phi) is 5.71. The van der Waals surface area contributed by atoms with Crippen molar-refractivity contribution < 1.29 is 15.0 Å². The van der Waals surface area contributed by atoms with E-state index in [2.05, 4.69) is 22.1 Å². The number of aliphatic hydroxyl groups excluding tert-OH is 1. The van der Waals surface area contributed by atoms with Crippen LogP contribution < -0.4 is 0 Å². The summed E-state index contributed by atoms with van der Waals surface area (Å²) in [6.45, 7) is 2.98. The maximum atomic E-state index is 10.6. The predicted octanol–water partition coefficient (Wildman–Crippen LogP) is 3.44. The van der Waals surface area contributed by atoms with Gasteiger partial charge in [0.25, 0.3) is 5.97 Å². The van der Waals surface area contributed by atoms with Crippen LogP contribution in [0.1, 0.15) is 61.5 Å². The van der Waals surface area contributed by atoms with E-state index < -0.39 is 12.2 Å². The molecule has 1 aromatic heterocycles. The number of aromatic nitrogens is 2. The average molecular weight is 378 g/mol. The van der Waals surface area contributed by atoms with Crippen molar-refractivity contribution in [3.05, 3.63) is 58.7 Å². The fourth-order valence-electron chi connectivity index (χ4n) is 3.46. The van der Waals surface area contributed by atoms with Crippen LogP contribution in [-0.2, 0) is 4.79 Å². The zero-order valence-electron chi connectivity index (χ0n) is 15.9. The summed E-state index contributed by atoms with van der Waals surface area (Å²) in [5.74, 6) is -0.315. The maximum Gasteiger partial charge on any atom is 0.300 e. The zero-order valence-corrected chi connectivity index (χ0v) is 15.9. The lowest BCUT2D eigenvalue weighted by molar-refractivity contribution is -0.134. The minimum absolute atomic E-state index is 0.518. The molecule has 2 N–H and O–H groups in total. The standard InChI is InChI=1S/C19H18N4O.C2H4O2/c1-12-11-23-16-8-7-13(10-20)9-15(16)17(14-5-3-2-4-6-14)22-19(24)18(23)21-12;1-2(3)4/h5,7-9,11,19,24H,2-4,6H2,1H3;1H3,(H,3,4). The molecular weight excluding hydrogens is 356 g/mol. The van der Waals surface area contributed by atoms with Crippen LogP contribution in [0.5, 0.6) is 0 Å². The molecule has 0 amide bonds. The first-order valence-electron chi connectivity index (χ1n) is 9.16. The van der Waals surface area contributed by atoms with Crippen molar-refractivity contribution in [3.8, 4) is 11.8 Å². The number of aliphatic hydroxyl groups is 1. The lowest BCUT2D eigenvalue weighted by Crippen LogP contribution is -2.11. The summed E-state index contributed by atoms with van der Waals surface area (Å²) in [6.07, 6.45) is 7.39. The first-order chi connectivity index (χ1) is 13.4. The van der Waals surface area contributed by atoms with E-state index in [1.54, 1.807) is 6.07 Å². The van der Waals surface area contributed by atoms with Crippen LogP contribution in [0.2, 0.25) is 0 Å². The Morgan fingerprint density at radius 3 is 2.75 bits per heavy atom. The van der Waals surface area contributed by atoms with Crippen molar-refractivity contribution in [3.63, 3.8) is 0 Å². The van der Waals surface area contributed by atoms with Crippen LogP contribution in [-0.4, -0.2) is 31.4 Å². The number of rotatable bonds is 1. The summed E-state index contributed by atoms with van der Waals surface area (Å²) in [7, 11) is 0. The molecule has 0 spiro atoms. The summed E-state index contributed by atoms with van der Waals surface area (Å²) < 4.78 is 1.89. The number of aliphatic imine (C=N–C) groups is 1. The fourth-order valence-corrected chi connectivity index (χ4v) is 3.46. The smallest absolute Gasteiger partial charge is 0.300 e. The molecule has 1 aromatic carbocycles. The van der Waals surface area contributed by atoms with Crippen molar-refractivity contribution in [1.29, 1.82) is 5.26 Å². The van der Waals surface area contributed by atoms with Gasteiger partial charge in [-0.15, -0.1) is 0 Å². The van der Waals surface area contributed by atoms with E-state index in [0.29, 0.717) is 11.4 Å². The molecule has 2 heterocycles. The van der Waals surface area contributed by atoms with Gasteiger partial charge in [0.05, 0.1) is 28.7 Å². The summed E-state index contributed by atoms with van der Waals surface area (Å²) >= 11 is 0. The summed E-state index contributed by atoms with van der Waals surface area (Å²) in [4.78, 5) is 18.0. The topological polar surface area (TPSA) is 112 Å². The number of imidazole rings is 1. The quantitative estimate of drug-likeness (QED) is 0.789. The lowest BCUT2D eigenvalue weighted by atomic mass is 9.91. The van der Waals surface area contributed by atoms with Crippen molar-refractivity contribution >= 4 is 11.7 Å². The summed E-state index contributed by atoms with van der Waals surface area (Å²) in [5.41, 5.74) is 5.16. The number of fused-ring (bicyclic) bond motifs is 3. The van der Waals surface area contributed by atoms with Gasteiger partial charge in [0.15, 0.2) is 5.82 Å². The predicted molar refractivity (Wildman–Crippen MR) is 104 cm³/mol. The molecule has 2 aromatic rings. The molecule has 1 unspecified atom stereocenters. The minimum atomic E-state index is -1.01. The number of nitrogens with zero attached hydrogens (tertiary/aromatic N) is 4. The van der Waals surface area contributed by atoms with Gasteiger partial charge in [-0.1, -0.05) is 6.08 Å². The van der Waals surface area contributed by atoms with E-state index in [4.69, 9.17) is 9.90 Å². The Bertz CT molecular complexity index is 1010. The molecule has 4 rings (SSSR count). The van der Waals surface area contributed by atoms with Crippen molar-refractivity contribution in [2.24, 2.45) is 4.99 Å². The minimum Gasteiger partial charge on any atom is -0.481 e. The number of nitriles is 1. The van der Waals surface area contributed by atoms with Crippen molar-refractivity contribution in [2.75, 3.05) is 0 Å². The van der Waals surface area contributed by atoms with Gasteiger partial charge in [0.1, 0.15) is 0 Å². The number of aliphatic carboxylic acids is 1. The van der Waals surface area contributed by atoms with Crippen LogP contribution in [0.4, 0.5) is 0 Å². The van der Waals surface area contributed by atoms with Gasteiger partial charge in [-0.2, -0.15) is 5.26 Å². The molecule has 0 bridgehead atoms. The molecule has 7 nitrogen and oxygen atoms in total. The van der Waals surface area contributed by atoms with Gasteiger partial charge in [-0.05, 0) is 56.4 Å². The molecule has 0 fully saturated rings. The Balaban J connectivity index is 0.000000516. The molecule has 1 aliphatic heterocycles. The van der Waals surface area contributed by atoms with Crippen LogP contribution in [0, 0.1) is 18.3 Å². The molecule has 0 saturated heterocycles. The number of benzene rings is 1. The van der Waals surface area contributed by atoms with Gasteiger partial charge in [-0.25, -0.2) is 9.98 Å². The highest BCUT2D eigenvalue weighted by Gasteiger charge is 2.26. The Labute approximate surface area is 163 Å². The molecule has 7 heteroatoms. The monoisotopic (exact) mass is 378 g/mol. The molecule has 144 valence electrons. The lowest BCUT2D eigenvalue weighted by Gasteiger charge is -2.17. The van der Waals surface area contributed by atoms with Crippen LogP contribution in [0.25, 0.3) is 5.69 Å². The second-order valence-electron chi connectivity index (χ2n) is 6.80. The van der Waals surface area contributed by atoms with E-state index in [9.17, 15) is 10.4 Å². The van der Waals surface area contributed by atoms with Gasteiger partial charge in [0.2, 0.25) is 6.23 Å². The van der Waals surface area contributed by atoms with Crippen LogP contribution in [0.15, 0.2) is 41.0 Å². The molecule has 1 aliphatic carbocycles. The van der Waals surface area contributed by atoms with Crippen LogP contribution >= 0.6 is 0 Å². The first kappa shape index (κ1) is 19.5. The zero-order chi connectivity index (χ0) is 20.3. The largest absolute Gasteiger partial charge is 0.481 e. The van der Waals surface area contributed by atoms with Crippen molar-refractivity contribution in [2.45, 2.75) is 45.8 Å². The molecule has 28 heavy (non-hydrogen) atoms. The number of carboxylic acid groups (broad SMARTS) is 1. The SMILES string of the molecule is CC(=O)O.Cc1cn2c(n1)C(O)N=C(C1=CCCCC1)c1cc(C#N)ccc1-2. The van der Waals surface area contributed by atoms with E-state index in [1.807, 2.05) is 29.8 Å². The first-order valence-corrected chi connectivity index (χ1v) is 9.16. The van der Waals surface area contributed by atoms with Gasteiger partial charge in [-0.3, -0.25) is 9.36 Å². The number of allylic oxidation sites excluding steroid dienone is 2. The summed E-state index contributed by atoms with van der Waals surface area (Å²) in [5, 5.41) is 27.3. The number of hydrogen-bond acceptors (Lipinski definition) is 5. The molecular formula is C21H22N4O3. The molecule has 0 saturated carbocycles. The molecule has 0 radical (unpaired) electrons. The van der Waals surface area contributed by atoms with Gasteiger partial charge < -0.3 is 10.2 Å². The summed E-state index contributed by atoms with van der Waals surface area (Å²) in [6, 6.07) is 7.77. The number of carbonyl (C=O) groups is 1. The van der Waals surface area contributed by atoms with E-state index in [0.717, 1.165) is 54.4 Å². The highest BCUT2D eigenvalue weighted by molar-refractivity contribution is 6.15. The second-order valence-corrected chi connectivity index (χ2v) is 6.80. The Morgan fingerprint density at radius 1 is 1.36 bits per heavy atom. The highest BCUT2D eigenvalue weighted by atomic mass is 16.4. The van der Waals surface area contributed by atoms with E-state index in [-0.39, 0.29) is 0 Å². The number of aryl methyl sites for hydroxylation is 1. The highest BCUT2D eigenvalue weighted by Crippen LogP contribution is 2.32. The third-order valence-electron chi connectivity index (χ3n) is 4.57. The van der Waals surface area contributed by atoms with Crippen LogP contribution in [0.3, 0.4) is 0 Å².